The first-order valence-corrected chi connectivity index (χ1v) is 12.5. The molecule has 1 aromatic heterocycles. The SMILES string of the molecule is COCCCN1C(=O)N(Cc2ccccc2)C(=O)C12CCN(Cc1cn(C)c3ccccc13)CC2. The average Bonchev–Trinajstić information content (AvgIpc) is 3.29. The van der Waals surface area contributed by atoms with E-state index >= 15 is 0 Å². The van der Waals surface area contributed by atoms with Crippen molar-refractivity contribution in [3.63, 3.8) is 0 Å². The van der Waals surface area contributed by atoms with E-state index in [1.807, 2.05) is 35.2 Å². The van der Waals surface area contributed by atoms with Gasteiger partial charge in [0, 0.05) is 64.0 Å². The number of urea groups is 1. The van der Waals surface area contributed by atoms with Gasteiger partial charge >= 0.3 is 6.03 Å². The third-order valence-electron chi connectivity index (χ3n) is 7.59. The van der Waals surface area contributed by atoms with E-state index in [4.69, 9.17) is 4.74 Å². The van der Waals surface area contributed by atoms with Crippen molar-refractivity contribution in [1.29, 1.82) is 0 Å². The minimum atomic E-state index is -0.755. The van der Waals surface area contributed by atoms with Gasteiger partial charge in [-0.3, -0.25) is 14.6 Å². The fraction of sp³-hybridized carbons (Fsp3) is 0.429. The molecular formula is C28H34N4O3. The number of hydrogen-bond acceptors (Lipinski definition) is 4. The van der Waals surface area contributed by atoms with Gasteiger partial charge in [0.25, 0.3) is 5.91 Å². The van der Waals surface area contributed by atoms with Gasteiger partial charge in [-0.2, -0.15) is 0 Å². The molecule has 35 heavy (non-hydrogen) atoms. The summed E-state index contributed by atoms with van der Waals surface area (Å²) in [6.07, 6.45) is 4.23. The first kappa shape index (κ1) is 23.6. The van der Waals surface area contributed by atoms with Gasteiger partial charge in [0.2, 0.25) is 0 Å². The summed E-state index contributed by atoms with van der Waals surface area (Å²) in [5.41, 5.74) is 2.75. The Bertz CT molecular complexity index is 1200. The van der Waals surface area contributed by atoms with Crippen molar-refractivity contribution < 1.29 is 14.3 Å². The van der Waals surface area contributed by atoms with Gasteiger partial charge in [0.05, 0.1) is 6.54 Å². The molecule has 2 aliphatic rings. The Labute approximate surface area is 206 Å². The number of aryl methyl sites for hydroxylation is 1. The number of carbonyl (C=O) groups is 2. The molecule has 0 aliphatic carbocycles. The van der Waals surface area contributed by atoms with E-state index in [0.29, 0.717) is 32.5 Å². The number of piperidine rings is 1. The number of hydrogen-bond donors (Lipinski definition) is 0. The van der Waals surface area contributed by atoms with Crippen LogP contribution in [0.15, 0.2) is 60.8 Å². The highest BCUT2D eigenvalue weighted by molar-refractivity contribution is 6.07. The van der Waals surface area contributed by atoms with Crippen LogP contribution in [0.4, 0.5) is 4.79 Å². The minimum absolute atomic E-state index is 0.0476. The molecule has 0 saturated carbocycles. The second-order valence-electron chi connectivity index (χ2n) is 9.75. The molecule has 5 rings (SSSR count). The van der Waals surface area contributed by atoms with Crippen LogP contribution in [0.1, 0.15) is 30.4 Å². The fourth-order valence-corrected chi connectivity index (χ4v) is 5.72. The summed E-state index contributed by atoms with van der Waals surface area (Å²) in [5, 5.41) is 1.28. The monoisotopic (exact) mass is 474 g/mol. The van der Waals surface area contributed by atoms with E-state index in [0.717, 1.165) is 31.6 Å². The molecule has 3 aromatic rings. The van der Waals surface area contributed by atoms with Crippen LogP contribution in [0.25, 0.3) is 10.9 Å². The summed E-state index contributed by atoms with van der Waals surface area (Å²) in [4.78, 5) is 33.0. The minimum Gasteiger partial charge on any atom is -0.385 e. The summed E-state index contributed by atoms with van der Waals surface area (Å²) in [6, 6.07) is 18.1. The number of ether oxygens (including phenoxy) is 1. The zero-order chi connectivity index (χ0) is 24.4. The average molecular weight is 475 g/mol. The number of imide groups is 1. The van der Waals surface area contributed by atoms with Crippen molar-refractivity contribution in [1.82, 2.24) is 19.3 Å². The molecule has 3 amide bonds. The molecule has 2 aliphatic heterocycles. The maximum absolute atomic E-state index is 13.8. The van der Waals surface area contributed by atoms with Gasteiger partial charge in [0.1, 0.15) is 5.54 Å². The van der Waals surface area contributed by atoms with E-state index in [2.05, 4.69) is 47.0 Å². The zero-order valence-electron chi connectivity index (χ0n) is 20.7. The highest BCUT2D eigenvalue weighted by Gasteiger charge is 2.57. The van der Waals surface area contributed by atoms with Crippen molar-refractivity contribution in [2.75, 3.05) is 33.4 Å². The Morgan fingerprint density at radius 1 is 0.943 bits per heavy atom. The molecule has 7 nitrogen and oxygen atoms in total. The van der Waals surface area contributed by atoms with E-state index < -0.39 is 5.54 Å². The van der Waals surface area contributed by atoms with Crippen LogP contribution in [-0.4, -0.2) is 70.1 Å². The van der Waals surface area contributed by atoms with E-state index in [1.54, 1.807) is 7.11 Å². The normalized spacial score (nSPS) is 18.3. The number of benzene rings is 2. The number of amides is 3. The van der Waals surface area contributed by atoms with Crippen LogP contribution in [0.5, 0.6) is 0 Å². The Morgan fingerprint density at radius 2 is 1.66 bits per heavy atom. The molecule has 1 spiro atoms. The number of para-hydroxylation sites is 1. The smallest absolute Gasteiger partial charge is 0.327 e. The Balaban J connectivity index is 1.34. The van der Waals surface area contributed by atoms with Crippen LogP contribution in [-0.2, 0) is 29.7 Å². The Morgan fingerprint density at radius 3 is 2.40 bits per heavy atom. The maximum Gasteiger partial charge on any atom is 0.327 e. The molecular weight excluding hydrogens is 440 g/mol. The second-order valence-corrected chi connectivity index (χ2v) is 9.75. The van der Waals surface area contributed by atoms with Crippen molar-refractivity contribution in [2.24, 2.45) is 7.05 Å². The topological polar surface area (TPSA) is 58.0 Å². The van der Waals surface area contributed by atoms with Crippen LogP contribution < -0.4 is 0 Å². The third-order valence-corrected chi connectivity index (χ3v) is 7.59. The molecule has 0 unspecified atom stereocenters. The van der Waals surface area contributed by atoms with Gasteiger partial charge in [-0.05, 0) is 36.5 Å². The highest BCUT2D eigenvalue weighted by Crippen LogP contribution is 2.38. The number of fused-ring (bicyclic) bond motifs is 1. The summed E-state index contributed by atoms with van der Waals surface area (Å²) in [7, 11) is 3.75. The van der Waals surface area contributed by atoms with E-state index in [1.165, 1.54) is 21.4 Å². The maximum atomic E-state index is 13.8. The molecule has 7 heteroatoms. The molecule has 2 fully saturated rings. The Hall–Kier alpha value is -3.16. The molecule has 3 heterocycles. The largest absolute Gasteiger partial charge is 0.385 e. The quantitative estimate of drug-likeness (QED) is 0.366. The van der Waals surface area contributed by atoms with Gasteiger partial charge in [-0.1, -0.05) is 48.5 Å². The predicted molar refractivity (Wildman–Crippen MR) is 136 cm³/mol. The lowest BCUT2D eigenvalue weighted by molar-refractivity contribution is -0.136. The van der Waals surface area contributed by atoms with Crippen molar-refractivity contribution in [3.8, 4) is 0 Å². The fourth-order valence-electron chi connectivity index (χ4n) is 5.72. The molecule has 0 bridgehead atoms. The van der Waals surface area contributed by atoms with Gasteiger partial charge in [-0.25, -0.2) is 4.79 Å². The molecule has 0 radical (unpaired) electrons. The van der Waals surface area contributed by atoms with Crippen LogP contribution >= 0.6 is 0 Å². The first-order chi connectivity index (χ1) is 17.0. The predicted octanol–water partition coefficient (Wildman–Crippen LogP) is 4.01. The number of nitrogens with zero attached hydrogens (tertiary/aromatic N) is 4. The standard InChI is InChI=1S/C28H34N4O3/c1-29-20-23(24-11-6-7-12-25(24)29)21-30-16-13-28(14-17-30)26(33)31(19-22-9-4-3-5-10-22)27(34)32(28)15-8-18-35-2/h3-7,9-12,20H,8,13-19,21H2,1-2H3. The molecule has 0 atom stereocenters. The van der Waals surface area contributed by atoms with E-state index in [9.17, 15) is 9.59 Å². The summed E-state index contributed by atoms with van der Waals surface area (Å²) in [6.45, 7) is 3.83. The molecule has 2 aromatic carbocycles. The van der Waals surface area contributed by atoms with Crippen LogP contribution in [0, 0.1) is 0 Å². The van der Waals surface area contributed by atoms with E-state index in [-0.39, 0.29) is 11.9 Å². The van der Waals surface area contributed by atoms with Gasteiger partial charge in [-0.15, -0.1) is 0 Å². The molecule has 2 saturated heterocycles. The highest BCUT2D eigenvalue weighted by atomic mass is 16.5. The summed E-state index contributed by atoms with van der Waals surface area (Å²) in [5.74, 6) is -0.0476. The second kappa shape index (κ2) is 9.84. The van der Waals surface area contributed by atoms with Crippen molar-refractivity contribution in [2.45, 2.75) is 37.9 Å². The van der Waals surface area contributed by atoms with Gasteiger partial charge < -0.3 is 14.2 Å². The van der Waals surface area contributed by atoms with Crippen molar-refractivity contribution in [3.05, 3.63) is 71.9 Å². The first-order valence-electron chi connectivity index (χ1n) is 12.5. The third kappa shape index (κ3) is 4.34. The number of rotatable bonds is 8. The number of likely N-dealkylation sites (tertiary alicyclic amines) is 1. The van der Waals surface area contributed by atoms with Crippen LogP contribution in [0.3, 0.4) is 0 Å². The number of methoxy groups -OCH3 is 1. The number of carbonyl (C=O) groups excluding carboxylic acids is 2. The lowest BCUT2D eigenvalue weighted by atomic mass is 9.85. The summed E-state index contributed by atoms with van der Waals surface area (Å²) < 4.78 is 7.41. The molecule has 184 valence electrons. The number of aromatic nitrogens is 1. The Kier molecular flexibility index (Phi) is 6.62. The van der Waals surface area contributed by atoms with Crippen molar-refractivity contribution >= 4 is 22.8 Å². The lowest BCUT2D eigenvalue weighted by Gasteiger charge is -2.42. The van der Waals surface area contributed by atoms with Gasteiger partial charge in [0.15, 0.2) is 0 Å². The summed E-state index contributed by atoms with van der Waals surface area (Å²) >= 11 is 0. The zero-order valence-corrected chi connectivity index (χ0v) is 20.7. The lowest BCUT2D eigenvalue weighted by Crippen LogP contribution is -2.56. The molecule has 0 N–H and O–H groups in total. The van der Waals surface area contributed by atoms with Crippen LogP contribution in [0.2, 0.25) is 0 Å².